The van der Waals surface area contributed by atoms with Gasteiger partial charge in [0.25, 0.3) is 0 Å². The Kier molecular flexibility index (Phi) is 4.92. The number of carboxylic acid groups (broad SMARTS) is 1. The number of aryl methyl sites for hydroxylation is 1. The molecule has 0 unspecified atom stereocenters. The van der Waals surface area contributed by atoms with E-state index in [0.29, 0.717) is 16.3 Å². The van der Waals surface area contributed by atoms with Gasteiger partial charge in [-0.15, -0.1) is 0 Å². The third kappa shape index (κ3) is 3.79. The Morgan fingerprint density at radius 2 is 2.05 bits per heavy atom. The largest absolute Gasteiger partial charge is 0.530 e. The van der Waals surface area contributed by atoms with Crippen LogP contribution in [0.2, 0.25) is 5.02 Å². The molecule has 21 heavy (non-hydrogen) atoms. The maximum atomic E-state index is 10.8. The zero-order valence-corrected chi connectivity index (χ0v) is 12.5. The van der Waals surface area contributed by atoms with Gasteiger partial charge in [-0.25, -0.2) is 0 Å². The lowest BCUT2D eigenvalue weighted by Gasteiger charge is -2.34. The van der Waals surface area contributed by atoms with Gasteiger partial charge in [-0.1, -0.05) is 24.4 Å². The zero-order valence-electron chi connectivity index (χ0n) is 11.8. The smallest absolute Gasteiger partial charge is 0.134 e. The molecule has 2 atom stereocenters. The summed E-state index contributed by atoms with van der Waals surface area (Å²) in [4.78, 5) is 10.8. The van der Waals surface area contributed by atoms with E-state index in [1.807, 2.05) is 6.92 Å². The number of halogens is 1. The summed E-state index contributed by atoms with van der Waals surface area (Å²) in [6, 6.07) is 5.31. The van der Waals surface area contributed by atoms with Crippen LogP contribution in [0.1, 0.15) is 36.8 Å². The van der Waals surface area contributed by atoms with Gasteiger partial charge in [0.05, 0.1) is 11.3 Å². The number of nitrogens with zero attached hydrogens (tertiary/aromatic N) is 1. The standard InChI is InChI=1S/C15H18ClN3O2/c1-9-6-10(8-17)14(7-11(9)16)18-12-4-2-3-5-13(12)19-15(20)21/h6-7,12-13,18-19H,2-5H2,1H3,(H,20,21)/p-1/t12-,13-/m0/s1. The number of amides is 1. The summed E-state index contributed by atoms with van der Waals surface area (Å²) in [5.74, 6) is 0. The van der Waals surface area contributed by atoms with Crippen LogP contribution in [0.5, 0.6) is 0 Å². The first-order valence-electron chi connectivity index (χ1n) is 6.95. The van der Waals surface area contributed by atoms with Crippen molar-refractivity contribution in [3.05, 3.63) is 28.3 Å². The summed E-state index contributed by atoms with van der Waals surface area (Å²) < 4.78 is 0. The van der Waals surface area contributed by atoms with Gasteiger partial charge in [0, 0.05) is 17.1 Å². The quantitative estimate of drug-likeness (QED) is 0.896. The van der Waals surface area contributed by atoms with Gasteiger partial charge in [-0.2, -0.15) is 5.26 Å². The first-order chi connectivity index (χ1) is 10.0. The predicted octanol–water partition coefficient (Wildman–Crippen LogP) is 2.18. The molecule has 1 saturated carbocycles. The Morgan fingerprint density at radius 1 is 1.38 bits per heavy atom. The first-order valence-corrected chi connectivity index (χ1v) is 7.33. The molecule has 0 saturated heterocycles. The molecule has 1 fully saturated rings. The summed E-state index contributed by atoms with van der Waals surface area (Å²) in [6.07, 6.45) is 2.32. The minimum Gasteiger partial charge on any atom is -0.530 e. The molecule has 0 spiro atoms. The monoisotopic (exact) mass is 306 g/mol. The molecule has 1 aliphatic rings. The summed E-state index contributed by atoms with van der Waals surface area (Å²) in [5, 5.41) is 26.3. The summed E-state index contributed by atoms with van der Waals surface area (Å²) in [5.41, 5.74) is 1.99. The van der Waals surface area contributed by atoms with Crippen molar-refractivity contribution in [1.29, 1.82) is 5.26 Å². The third-order valence-corrected chi connectivity index (χ3v) is 4.24. The van der Waals surface area contributed by atoms with Crippen LogP contribution in [0, 0.1) is 18.3 Å². The van der Waals surface area contributed by atoms with E-state index in [1.165, 1.54) is 0 Å². The van der Waals surface area contributed by atoms with E-state index in [4.69, 9.17) is 11.6 Å². The highest BCUT2D eigenvalue weighted by molar-refractivity contribution is 6.31. The average molecular weight is 307 g/mol. The second-order valence-electron chi connectivity index (χ2n) is 5.33. The SMILES string of the molecule is Cc1cc(C#N)c(N[C@H]2CCCC[C@@H]2NC(=O)[O-])cc1Cl. The molecule has 1 aromatic carbocycles. The Bertz CT molecular complexity index is 583. The maximum absolute atomic E-state index is 10.8. The lowest BCUT2D eigenvalue weighted by Crippen LogP contribution is -2.52. The summed E-state index contributed by atoms with van der Waals surface area (Å²) >= 11 is 6.11. The Labute approximate surface area is 128 Å². The number of carbonyl (C=O) groups is 1. The molecule has 1 aromatic rings. The van der Waals surface area contributed by atoms with Crippen LogP contribution in [0.15, 0.2) is 12.1 Å². The number of benzene rings is 1. The molecule has 0 heterocycles. The number of carbonyl (C=O) groups excluding carboxylic acids is 1. The van der Waals surface area contributed by atoms with Gasteiger partial charge < -0.3 is 20.5 Å². The van der Waals surface area contributed by atoms with E-state index in [0.717, 1.165) is 31.2 Å². The predicted molar refractivity (Wildman–Crippen MR) is 79.1 cm³/mol. The highest BCUT2D eigenvalue weighted by atomic mass is 35.5. The van der Waals surface area contributed by atoms with E-state index < -0.39 is 6.09 Å². The molecular formula is C15H17ClN3O2-. The van der Waals surface area contributed by atoms with Crippen molar-refractivity contribution < 1.29 is 9.90 Å². The number of nitriles is 1. The van der Waals surface area contributed by atoms with E-state index in [9.17, 15) is 15.2 Å². The number of nitrogens with one attached hydrogen (secondary N) is 2. The van der Waals surface area contributed by atoms with Crippen molar-refractivity contribution in [2.75, 3.05) is 5.32 Å². The highest BCUT2D eigenvalue weighted by Crippen LogP contribution is 2.28. The van der Waals surface area contributed by atoms with Crippen molar-refractivity contribution in [2.45, 2.75) is 44.7 Å². The average Bonchev–Trinajstić information content (AvgIpc) is 2.44. The van der Waals surface area contributed by atoms with Crippen LogP contribution in [-0.2, 0) is 0 Å². The number of hydrogen-bond acceptors (Lipinski definition) is 4. The molecule has 0 aliphatic heterocycles. The lowest BCUT2D eigenvalue weighted by molar-refractivity contribution is -0.251. The Balaban J connectivity index is 2.21. The van der Waals surface area contributed by atoms with Gasteiger partial charge in [-0.3, -0.25) is 0 Å². The van der Waals surface area contributed by atoms with Crippen LogP contribution in [0.3, 0.4) is 0 Å². The van der Waals surface area contributed by atoms with Crippen molar-refractivity contribution >= 4 is 23.4 Å². The van der Waals surface area contributed by atoms with Crippen molar-refractivity contribution in [3.63, 3.8) is 0 Å². The van der Waals surface area contributed by atoms with Crippen LogP contribution in [0.25, 0.3) is 0 Å². The van der Waals surface area contributed by atoms with Crippen molar-refractivity contribution in [1.82, 2.24) is 5.32 Å². The normalized spacial score (nSPS) is 21.4. The van der Waals surface area contributed by atoms with E-state index in [1.54, 1.807) is 12.1 Å². The van der Waals surface area contributed by atoms with E-state index in [-0.39, 0.29) is 12.1 Å². The minimum absolute atomic E-state index is 0.0671. The number of rotatable bonds is 3. The molecule has 0 radical (unpaired) electrons. The second kappa shape index (κ2) is 6.68. The maximum Gasteiger partial charge on any atom is 0.134 e. The van der Waals surface area contributed by atoms with Gasteiger partial charge in [-0.05, 0) is 37.5 Å². The fourth-order valence-corrected chi connectivity index (χ4v) is 2.88. The van der Waals surface area contributed by atoms with E-state index >= 15 is 0 Å². The number of hydrogen-bond donors (Lipinski definition) is 2. The molecule has 0 bridgehead atoms. The molecule has 6 heteroatoms. The molecule has 5 nitrogen and oxygen atoms in total. The van der Waals surface area contributed by atoms with Crippen molar-refractivity contribution in [2.24, 2.45) is 0 Å². The summed E-state index contributed by atoms with van der Waals surface area (Å²) in [6.45, 7) is 1.84. The van der Waals surface area contributed by atoms with Gasteiger partial charge in [0.2, 0.25) is 0 Å². The number of anilines is 1. The highest BCUT2D eigenvalue weighted by Gasteiger charge is 2.25. The van der Waals surface area contributed by atoms with Crippen LogP contribution in [0.4, 0.5) is 10.5 Å². The molecule has 1 amide bonds. The topological polar surface area (TPSA) is 88.0 Å². The van der Waals surface area contributed by atoms with Gasteiger partial charge >= 0.3 is 0 Å². The molecule has 2 N–H and O–H groups in total. The van der Waals surface area contributed by atoms with E-state index in [2.05, 4.69) is 16.7 Å². The fourth-order valence-electron chi connectivity index (χ4n) is 2.72. The van der Waals surface area contributed by atoms with Gasteiger partial charge in [0.1, 0.15) is 12.2 Å². The zero-order chi connectivity index (χ0) is 15.4. The molecule has 112 valence electrons. The first kappa shape index (κ1) is 15.5. The fraction of sp³-hybridized carbons (Fsp3) is 0.467. The van der Waals surface area contributed by atoms with Crippen molar-refractivity contribution in [3.8, 4) is 6.07 Å². The van der Waals surface area contributed by atoms with Crippen LogP contribution in [-0.4, -0.2) is 18.2 Å². The van der Waals surface area contributed by atoms with Gasteiger partial charge in [0.15, 0.2) is 0 Å². The molecule has 1 aliphatic carbocycles. The molecule has 2 rings (SSSR count). The molecular weight excluding hydrogens is 290 g/mol. The third-order valence-electron chi connectivity index (χ3n) is 3.83. The Hall–Kier alpha value is -1.93. The summed E-state index contributed by atoms with van der Waals surface area (Å²) in [7, 11) is 0. The Morgan fingerprint density at radius 3 is 2.67 bits per heavy atom. The lowest BCUT2D eigenvalue weighted by atomic mass is 9.90. The second-order valence-corrected chi connectivity index (χ2v) is 5.74. The minimum atomic E-state index is -1.27. The van der Waals surface area contributed by atoms with Crippen LogP contribution >= 0.6 is 11.6 Å². The van der Waals surface area contributed by atoms with Crippen LogP contribution < -0.4 is 15.7 Å². The molecule has 0 aromatic heterocycles.